The number of H-pyrrole nitrogens is 1. The Labute approximate surface area is 109 Å². The average molecular weight is 282 g/mol. The summed E-state index contributed by atoms with van der Waals surface area (Å²) in [6, 6.07) is 5.11. The zero-order valence-electron chi connectivity index (χ0n) is 10.4. The lowest BCUT2D eigenvalue weighted by atomic mass is 10.3. The van der Waals surface area contributed by atoms with Crippen LogP contribution in [-0.2, 0) is 9.84 Å². The van der Waals surface area contributed by atoms with E-state index in [1.54, 1.807) is 18.2 Å². The zero-order valence-corrected chi connectivity index (χ0v) is 11.2. The minimum atomic E-state index is -3.23. The highest BCUT2D eigenvalue weighted by atomic mass is 32.2. The normalized spacial score (nSPS) is 21.8. The van der Waals surface area contributed by atoms with E-state index in [9.17, 15) is 13.2 Å². The van der Waals surface area contributed by atoms with Crippen LogP contribution in [0.25, 0.3) is 11.0 Å². The van der Waals surface area contributed by atoms with Gasteiger partial charge in [-0.2, -0.15) is 0 Å². The summed E-state index contributed by atoms with van der Waals surface area (Å²) in [6.45, 7) is 0. The number of rotatable bonds is 2. The summed E-state index contributed by atoms with van der Waals surface area (Å²) >= 11 is 0. The first-order chi connectivity index (χ1) is 9.03. The Balaban J connectivity index is 2.24. The van der Waals surface area contributed by atoms with Crippen LogP contribution in [-0.4, -0.2) is 30.8 Å². The van der Waals surface area contributed by atoms with Gasteiger partial charge in [-0.25, -0.2) is 13.2 Å². The van der Waals surface area contributed by atoms with Gasteiger partial charge in [-0.15, -0.1) is 0 Å². The van der Waals surface area contributed by atoms with Crippen LogP contribution in [0, 0.1) is 0 Å². The van der Waals surface area contributed by atoms with E-state index in [-0.39, 0.29) is 5.75 Å². The molecule has 0 amide bonds. The average Bonchev–Trinajstić information content (AvgIpc) is 2.86. The Morgan fingerprint density at radius 2 is 2.21 bits per heavy atom. The molecule has 0 bridgehead atoms. The number of benzene rings is 1. The van der Waals surface area contributed by atoms with Crippen molar-refractivity contribution in [2.45, 2.75) is 18.2 Å². The Hall–Kier alpha value is -1.76. The van der Waals surface area contributed by atoms with Crippen LogP contribution in [0.4, 0.5) is 0 Å². The second-order valence-electron chi connectivity index (χ2n) is 4.65. The van der Waals surface area contributed by atoms with E-state index in [2.05, 4.69) is 4.98 Å². The lowest BCUT2D eigenvalue weighted by Gasteiger charge is -2.11. The van der Waals surface area contributed by atoms with E-state index in [1.165, 1.54) is 11.7 Å². The molecule has 7 heteroatoms. The summed E-state index contributed by atoms with van der Waals surface area (Å²) in [5, 5.41) is -0.748. The number of aromatic amines is 1. The maximum Gasteiger partial charge on any atom is 0.327 e. The summed E-state index contributed by atoms with van der Waals surface area (Å²) in [5.41, 5.74) is 0.798. The van der Waals surface area contributed by atoms with Gasteiger partial charge in [0.05, 0.1) is 23.9 Å². The van der Waals surface area contributed by atoms with Crippen LogP contribution in [0.5, 0.6) is 5.75 Å². The summed E-state index contributed by atoms with van der Waals surface area (Å²) in [6.07, 6.45) is 1.09. The van der Waals surface area contributed by atoms with Crippen LogP contribution in [0.1, 0.15) is 18.2 Å². The molecule has 102 valence electrons. The van der Waals surface area contributed by atoms with Crippen molar-refractivity contribution in [2.75, 3.05) is 12.9 Å². The molecular weight excluding hydrogens is 268 g/mol. The van der Waals surface area contributed by atoms with E-state index < -0.39 is 20.9 Å². The highest BCUT2D eigenvalue weighted by Crippen LogP contribution is 2.31. The number of hydrogen-bond donors (Lipinski definition) is 1. The first kappa shape index (κ1) is 12.3. The predicted octanol–water partition coefficient (Wildman–Crippen LogP) is 1.05. The maximum absolute atomic E-state index is 12.0. The first-order valence-corrected chi connectivity index (χ1v) is 7.74. The Morgan fingerprint density at radius 3 is 2.84 bits per heavy atom. The molecule has 1 aromatic carbocycles. The van der Waals surface area contributed by atoms with Crippen molar-refractivity contribution in [1.82, 2.24) is 9.55 Å². The topological polar surface area (TPSA) is 81.2 Å². The monoisotopic (exact) mass is 282 g/mol. The van der Waals surface area contributed by atoms with E-state index >= 15 is 0 Å². The number of ether oxygens (including phenoxy) is 1. The van der Waals surface area contributed by atoms with Crippen LogP contribution in [0.15, 0.2) is 23.0 Å². The maximum atomic E-state index is 12.0. The third-order valence-electron chi connectivity index (χ3n) is 3.51. The molecule has 3 rings (SSSR count). The fourth-order valence-electron chi connectivity index (χ4n) is 2.59. The van der Waals surface area contributed by atoms with Crippen molar-refractivity contribution in [2.24, 2.45) is 0 Å². The van der Waals surface area contributed by atoms with E-state index in [1.807, 2.05) is 0 Å². The second kappa shape index (κ2) is 4.12. The van der Waals surface area contributed by atoms with Gasteiger partial charge in [-0.1, -0.05) is 0 Å². The van der Waals surface area contributed by atoms with Crippen LogP contribution in [0.3, 0.4) is 0 Å². The van der Waals surface area contributed by atoms with Crippen molar-refractivity contribution in [3.63, 3.8) is 0 Å². The van der Waals surface area contributed by atoms with Gasteiger partial charge in [0.25, 0.3) is 0 Å². The van der Waals surface area contributed by atoms with Gasteiger partial charge < -0.3 is 9.72 Å². The molecule has 1 aliphatic heterocycles. The number of sulfone groups is 1. The zero-order chi connectivity index (χ0) is 13.6. The molecule has 1 aliphatic rings. The molecule has 6 nitrogen and oxygen atoms in total. The van der Waals surface area contributed by atoms with Crippen molar-refractivity contribution in [1.29, 1.82) is 0 Å². The molecule has 1 aromatic heterocycles. The minimum Gasteiger partial charge on any atom is -0.497 e. The molecular formula is C12H14N2O4S. The summed E-state index contributed by atoms with van der Waals surface area (Å²) < 4.78 is 30.4. The Bertz CT molecular complexity index is 788. The predicted molar refractivity (Wildman–Crippen MR) is 71.2 cm³/mol. The molecule has 1 atom stereocenters. The number of fused-ring (bicyclic) bond motifs is 1. The lowest BCUT2D eigenvalue weighted by Crippen LogP contribution is -2.25. The van der Waals surface area contributed by atoms with Gasteiger partial charge in [-0.05, 0) is 25.0 Å². The van der Waals surface area contributed by atoms with Crippen LogP contribution < -0.4 is 10.4 Å². The molecule has 0 saturated carbocycles. The lowest BCUT2D eigenvalue weighted by molar-refractivity contribution is 0.415. The molecule has 1 unspecified atom stereocenters. The molecule has 0 spiro atoms. The molecule has 2 heterocycles. The fraction of sp³-hybridized carbons (Fsp3) is 0.417. The summed E-state index contributed by atoms with van der Waals surface area (Å²) in [7, 11) is -1.69. The van der Waals surface area contributed by atoms with Gasteiger partial charge in [0.15, 0.2) is 9.84 Å². The minimum absolute atomic E-state index is 0.146. The molecule has 1 N–H and O–H groups in total. The third kappa shape index (κ3) is 1.85. The number of aromatic nitrogens is 2. The molecule has 1 fully saturated rings. The van der Waals surface area contributed by atoms with E-state index in [4.69, 9.17) is 4.74 Å². The number of imidazole rings is 1. The van der Waals surface area contributed by atoms with Gasteiger partial charge in [-0.3, -0.25) is 4.57 Å². The summed E-state index contributed by atoms with van der Waals surface area (Å²) in [5.74, 6) is 0.766. The fourth-order valence-corrected chi connectivity index (χ4v) is 4.48. The van der Waals surface area contributed by atoms with E-state index in [0.717, 1.165) is 0 Å². The molecule has 2 aromatic rings. The SMILES string of the molecule is COc1ccc2c(c1)[nH]c(=O)n2C1CCCS1(=O)=O. The van der Waals surface area contributed by atoms with Crippen molar-refractivity contribution >= 4 is 20.9 Å². The number of methoxy groups -OCH3 is 1. The van der Waals surface area contributed by atoms with Gasteiger partial charge in [0, 0.05) is 6.07 Å². The second-order valence-corrected chi connectivity index (χ2v) is 6.93. The molecule has 0 aliphatic carbocycles. The van der Waals surface area contributed by atoms with Crippen LogP contribution >= 0.6 is 0 Å². The highest BCUT2D eigenvalue weighted by molar-refractivity contribution is 7.91. The standard InChI is InChI=1S/C12H14N2O4S/c1-18-8-4-5-10-9(7-8)13-12(15)14(10)11-3-2-6-19(11,16)17/h4-5,7,11H,2-3,6H2,1H3,(H,13,15). The first-order valence-electron chi connectivity index (χ1n) is 6.03. The largest absolute Gasteiger partial charge is 0.497 e. The Kier molecular flexibility index (Phi) is 2.67. The van der Waals surface area contributed by atoms with Gasteiger partial charge >= 0.3 is 5.69 Å². The van der Waals surface area contributed by atoms with Crippen molar-refractivity contribution < 1.29 is 13.2 Å². The summed E-state index contributed by atoms with van der Waals surface area (Å²) in [4.78, 5) is 14.7. The van der Waals surface area contributed by atoms with Crippen LogP contribution in [0.2, 0.25) is 0 Å². The molecule has 19 heavy (non-hydrogen) atoms. The Morgan fingerprint density at radius 1 is 1.42 bits per heavy atom. The highest BCUT2D eigenvalue weighted by Gasteiger charge is 2.34. The number of nitrogens with one attached hydrogen (secondary N) is 1. The van der Waals surface area contributed by atoms with Gasteiger partial charge in [0.1, 0.15) is 11.1 Å². The van der Waals surface area contributed by atoms with Crippen molar-refractivity contribution in [3.05, 3.63) is 28.7 Å². The van der Waals surface area contributed by atoms with E-state index in [0.29, 0.717) is 29.6 Å². The third-order valence-corrected chi connectivity index (χ3v) is 5.64. The smallest absolute Gasteiger partial charge is 0.327 e. The molecule has 1 saturated heterocycles. The molecule has 0 radical (unpaired) electrons. The van der Waals surface area contributed by atoms with Gasteiger partial charge in [0.2, 0.25) is 0 Å². The van der Waals surface area contributed by atoms with Crippen molar-refractivity contribution in [3.8, 4) is 5.75 Å². The number of hydrogen-bond acceptors (Lipinski definition) is 4. The number of nitrogens with zero attached hydrogens (tertiary/aromatic N) is 1. The quantitative estimate of drug-likeness (QED) is 0.892.